The van der Waals surface area contributed by atoms with Gasteiger partial charge in [0.1, 0.15) is 5.82 Å². The molecule has 3 aromatic heterocycles. The summed E-state index contributed by atoms with van der Waals surface area (Å²) in [7, 11) is 0. The fourth-order valence-corrected chi connectivity index (χ4v) is 4.36. The smallest absolute Gasteiger partial charge is 0.219 e. The van der Waals surface area contributed by atoms with Crippen molar-refractivity contribution < 1.29 is 4.39 Å². The minimum atomic E-state index is -0.472. The van der Waals surface area contributed by atoms with Gasteiger partial charge in [0.25, 0.3) is 0 Å². The molecule has 0 aliphatic heterocycles. The SMILES string of the molecule is CCn1nc(-c2nnnn2CCC#N)c(=O)c2cc(F)c(Cc3nc(C(C)C)cs3)cc21. The molecule has 4 aromatic rings. The Hall–Kier alpha value is -3.52. The van der Waals surface area contributed by atoms with Crippen LogP contribution in [0.1, 0.15) is 49.4 Å². The van der Waals surface area contributed by atoms with Crippen LogP contribution >= 0.6 is 11.3 Å². The standard InChI is InChI=1S/C21H21FN8OS/c1-4-29-17-8-13(9-18-24-16(11-32-18)12(2)3)15(22)10-14(17)20(31)19(26-29)21-25-27-28-30(21)7-5-6-23/h8,10-12H,4-5,7,9H2,1-3H3. The Morgan fingerprint density at radius 2 is 2.09 bits per heavy atom. The Kier molecular flexibility index (Phi) is 6.05. The molecule has 9 nitrogen and oxygen atoms in total. The molecule has 0 saturated heterocycles. The molecule has 164 valence electrons. The minimum Gasteiger partial charge on any atom is -0.287 e. The fourth-order valence-electron chi connectivity index (χ4n) is 3.39. The molecule has 4 rings (SSSR count). The molecule has 0 N–H and O–H groups in total. The zero-order valence-electron chi connectivity index (χ0n) is 17.9. The molecule has 0 atom stereocenters. The number of aromatic nitrogens is 7. The van der Waals surface area contributed by atoms with E-state index in [2.05, 4.69) is 39.5 Å². The van der Waals surface area contributed by atoms with Crippen LogP contribution in [-0.2, 0) is 19.5 Å². The van der Waals surface area contributed by atoms with Crippen LogP contribution in [0, 0.1) is 17.1 Å². The maximum absolute atomic E-state index is 15.0. The Bertz CT molecular complexity index is 1380. The normalized spacial score (nSPS) is 11.4. The zero-order valence-corrected chi connectivity index (χ0v) is 18.7. The molecule has 0 aliphatic carbocycles. The maximum Gasteiger partial charge on any atom is 0.219 e. The lowest BCUT2D eigenvalue weighted by atomic mass is 10.1. The van der Waals surface area contributed by atoms with Crippen molar-refractivity contribution in [1.29, 1.82) is 5.26 Å². The largest absolute Gasteiger partial charge is 0.287 e. The highest BCUT2D eigenvalue weighted by molar-refractivity contribution is 7.09. The highest BCUT2D eigenvalue weighted by Crippen LogP contribution is 2.24. The Labute approximate surface area is 187 Å². The molecule has 0 unspecified atom stereocenters. The molecular formula is C21H21FN8OS. The van der Waals surface area contributed by atoms with E-state index in [1.807, 2.05) is 18.4 Å². The molecule has 0 spiro atoms. The summed E-state index contributed by atoms with van der Waals surface area (Å²) in [6, 6.07) is 4.94. The van der Waals surface area contributed by atoms with Gasteiger partial charge in [0.2, 0.25) is 11.3 Å². The first-order chi connectivity index (χ1) is 15.4. The first-order valence-corrected chi connectivity index (χ1v) is 11.1. The molecule has 11 heteroatoms. The molecule has 32 heavy (non-hydrogen) atoms. The van der Waals surface area contributed by atoms with Crippen molar-refractivity contribution in [3.8, 4) is 17.6 Å². The van der Waals surface area contributed by atoms with E-state index in [1.54, 1.807) is 10.7 Å². The van der Waals surface area contributed by atoms with Crippen LogP contribution in [-0.4, -0.2) is 35.0 Å². The lowest BCUT2D eigenvalue weighted by Crippen LogP contribution is -2.19. The molecule has 0 saturated carbocycles. The summed E-state index contributed by atoms with van der Waals surface area (Å²) in [5, 5.41) is 27.7. The average molecular weight is 453 g/mol. The van der Waals surface area contributed by atoms with Gasteiger partial charge in [-0.15, -0.1) is 16.4 Å². The number of halogens is 1. The van der Waals surface area contributed by atoms with Crippen LogP contribution in [0.2, 0.25) is 0 Å². The number of tetrazole rings is 1. The van der Waals surface area contributed by atoms with Crippen molar-refractivity contribution >= 4 is 22.2 Å². The number of aryl methyl sites for hydroxylation is 2. The summed E-state index contributed by atoms with van der Waals surface area (Å²) in [5.41, 5.74) is 1.54. The van der Waals surface area contributed by atoms with Gasteiger partial charge >= 0.3 is 0 Å². The third-order valence-electron chi connectivity index (χ3n) is 5.10. The number of rotatable bonds is 7. The van der Waals surface area contributed by atoms with Gasteiger partial charge in [0.05, 0.1) is 40.6 Å². The van der Waals surface area contributed by atoms with Gasteiger partial charge in [-0.05, 0) is 41.0 Å². The van der Waals surface area contributed by atoms with Gasteiger partial charge < -0.3 is 0 Å². The fraction of sp³-hybridized carbons (Fsp3) is 0.381. The quantitative estimate of drug-likeness (QED) is 0.422. The van der Waals surface area contributed by atoms with Gasteiger partial charge in [-0.25, -0.2) is 14.1 Å². The van der Waals surface area contributed by atoms with E-state index in [9.17, 15) is 4.79 Å². The summed E-state index contributed by atoms with van der Waals surface area (Å²) in [6.45, 7) is 6.70. The van der Waals surface area contributed by atoms with E-state index in [1.165, 1.54) is 22.1 Å². The zero-order chi connectivity index (χ0) is 22.8. The summed E-state index contributed by atoms with van der Waals surface area (Å²) in [6.07, 6.45) is 0.520. The number of nitrogens with zero attached hydrogens (tertiary/aromatic N) is 8. The lowest BCUT2D eigenvalue weighted by molar-refractivity contribution is 0.599. The molecule has 0 radical (unpaired) electrons. The van der Waals surface area contributed by atoms with Crippen LogP contribution in [0.15, 0.2) is 22.3 Å². The van der Waals surface area contributed by atoms with Crippen molar-refractivity contribution in [2.75, 3.05) is 0 Å². The van der Waals surface area contributed by atoms with E-state index in [-0.39, 0.29) is 29.9 Å². The van der Waals surface area contributed by atoms with Gasteiger partial charge in [-0.3, -0.25) is 9.48 Å². The minimum absolute atomic E-state index is 0.0240. The van der Waals surface area contributed by atoms with E-state index in [4.69, 9.17) is 5.26 Å². The maximum atomic E-state index is 15.0. The van der Waals surface area contributed by atoms with Crippen molar-refractivity contribution in [2.24, 2.45) is 0 Å². The van der Waals surface area contributed by atoms with Crippen LogP contribution in [0.25, 0.3) is 22.4 Å². The predicted molar refractivity (Wildman–Crippen MR) is 118 cm³/mol. The third-order valence-corrected chi connectivity index (χ3v) is 5.97. The Balaban J connectivity index is 1.81. The van der Waals surface area contributed by atoms with Gasteiger partial charge in [0, 0.05) is 18.3 Å². The third kappa shape index (κ3) is 4.01. The molecule has 0 amide bonds. The van der Waals surface area contributed by atoms with Gasteiger partial charge in [0.15, 0.2) is 5.69 Å². The summed E-state index contributed by atoms with van der Waals surface area (Å²) >= 11 is 1.50. The second-order valence-electron chi connectivity index (χ2n) is 7.59. The number of benzene rings is 1. The number of fused-ring (bicyclic) bond motifs is 1. The van der Waals surface area contributed by atoms with Crippen molar-refractivity contribution in [2.45, 2.75) is 52.6 Å². The number of nitriles is 1. The van der Waals surface area contributed by atoms with Crippen molar-refractivity contribution in [3.63, 3.8) is 0 Å². The molecule has 0 bridgehead atoms. The monoisotopic (exact) mass is 452 g/mol. The first kappa shape index (κ1) is 21.7. The second kappa shape index (κ2) is 8.92. The van der Waals surface area contributed by atoms with E-state index >= 15 is 4.39 Å². The summed E-state index contributed by atoms with van der Waals surface area (Å²) < 4.78 is 18.0. The number of thiazole rings is 1. The first-order valence-electron chi connectivity index (χ1n) is 10.2. The average Bonchev–Trinajstić information content (AvgIpc) is 3.43. The molecular weight excluding hydrogens is 431 g/mol. The highest BCUT2D eigenvalue weighted by Gasteiger charge is 2.20. The van der Waals surface area contributed by atoms with Crippen LogP contribution < -0.4 is 5.43 Å². The molecule has 1 aromatic carbocycles. The molecule has 0 aliphatic rings. The molecule has 0 fully saturated rings. The van der Waals surface area contributed by atoms with E-state index < -0.39 is 11.2 Å². The van der Waals surface area contributed by atoms with E-state index in [0.29, 0.717) is 30.0 Å². The Morgan fingerprint density at radius 3 is 2.78 bits per heavy atom. The van der Waals surface area contributed by atoms with E-state index in [0.717, 1.165) is 10.7 Å². The lowest BCUT2D eigenvalue weighted by Gasteiger charge is -2.12. The van der Waals surface area contributed by atoms with Gasteiger partial charge in [-0.2, -0.15) is 10.4 Å². The summed E-state index contributed by atoms with van der Waals surface area (Å²) in [5.74, 6) is -0.0124. The van der Waals surface area contributed by atoms with Crippen molar-refractivity contribution in [1.82, 2.24) is 35.0 Å². The number of hydrogen-bond donors (Lipinski definition) is 0. The van der Waals surface area contributed by atoms with Gasteiger partial charge in [-0.1, -0.05) is 13.8 Å². The van der Waals surface area contributed by atoms with Crippen LogP contribution in [0.4, 0.5) is 4.39 Å². The van der Waals surface area contributed by atoms with Crippen LogP contribution in [0.3, 0.4) is 0 Å². The predicted octanol–water partition coefficient (Wildman–Crippen LogP) is 3.29. The number of hydrogen-bond acceptors (Lipinski definition) is 8. The second-order valence-corrected chi connectivity index (χ2v) is 8.53. The summed E-state index contributed by atoms with van der Waals surface area (Å²) in [4.78, 5) is 17.8. The van der Waals surface area contributed by atoms with Crippen molar-refractivity contribution in [3.05, 3.63) is 49.8 Å². The topological polar surface area (TPSA) is 115 Å². The Morgan fingerprint density at radius 1 is 1.28 bits per heavy atom. The molecule has 3 heterocycles. The highest BCUT2D eigenvalue weighted by atomic mass is 32.1. The van der Waals surface area contributed by atoms with Crippen LogP contribution in [0.5, 0.6) is 0 Å².